The number of halogens is 1. The lowest BCUT2D eigenvalue weighted by Crippen LogP contribution is -2.55. The van der Waals surface area contributed by atoms with Gasteiger partial charge in [0.1, 0.15) is 11.9 Å². The van der Waals surface area contributed by atoms with Crippen LogP contribution < -0.4 is 16.4 Å². The first kappa shape index (κ1) is 52.6. The summed E-state index contributed by atoms with van der Waals surface area (Å²) in [4.78, 5) is 72.0. The van der Waals surface area contributed by atoms with Crippen molar-refractivity contribution in [2.75, 3.05) is 98.7 Å². The minimum Gasteiger partial charge on any atom is -0.366 e. The molecule has 67 heavy (non-hydrogen) atoms. The Bertz CT molecular complexity index is 2100. The minimum absolute atomic E-state index is 0.00559. The number of aldehydes is 1. The van der Waals surface area contributed by atoms with Crippen molar-refractivity contribution >= 4 is 35.6 Å². The second-order valence-electron chi connectivity index (χ2n) is 18.4. The summed E-state index contributed by atoms with van der Waals surface area (Å²) in [5.41, 5.74) is 8.52. The van der Waals surface area contributed by atoms with Crippen LogP contribution in [-0.4, -0.2) is 165 Å². The summed E-state index contributed by atoms with van der Waals surface area (Å²) in [5, 5.41) is 14.5. The third kappa shape index (κ3) is 16.2. The Kier molecular flexibility index (Phi) is 21.1. The molecule has 0 bridgehead atoms. The molecule has 4 amide bonds. The van der Waals surface area contributed by atoms with Gasteiger partial charge in [0.2, 0.25) is 17.7 Å². The highest BCUT2D eigenvalue weighted by atomic mass is 19.1. The first-order valence-corrected chi connectivity index (χ1v) is 24.3. The van der Waals surface area contributed by atoms with Gasteiger partial charge < -0.3 is 36.5 Å². The fraction of sp³-hybridized carbons (Fsp3) is 0.538. The van der Waals surface area contributed by atoms with E-state index >= 15 is 0 Å². The first-order chi connectivity index (χ1) is 32.3. The van der Waals surface area contributed by atoms with Crippen LogP contribution in [0.1, 0.15) is 113 Å². The van der Waals surface area contributed by atoms with Crippen molar-refractivity contribution in [3.8, 4) is 0 Å². The highest BCUT2D eigenvalue weighted by Crippen LogP contribution is 2.24. The number of likely N-dealkylation sites (tertiary alicyclic amines) is 1. The van der Waals surface area contributed by atoms with E-state index in [4.69, 9.17) is 11.1 Å². The summed E-state index contributed by atoms with van der Waals surface area (Å²) in [6.45, 7) is 18.5. The van der Waals surface area contributed by atoms with E-state index in [9.17, 15) is 28.4 Å². The topological polar surface area (TPSA) is 175 Å². The molecular weight excluding hydrogens is 850 g/mol. The molecule has 4 aliphatic rings. The van der Waals surface area contributed by atoms with Crippen molar-refractivity contribution in [3.05, 3.63) is 106 Å². The molecule has 4 saturated heterocycles. The quantitative estimate of drug-likeness (QED) is 0.127. The number of benzene rings is 3. The van der Waals surface area contributed by atoms with E-state index in [1.165, 1.54) is 36.6 Å². The fourth-order valence-electron chi connectivity index (χ4n) is 8.93. The van der Waals surface area contributed by atoms with E-state index < -0.39 is 17.8 Å². The van der Waals surface area contributed by atoms with Crippen LogP contribution in [0.25, 0.3) is 0 Å². The zero-order chi connectivity index (χ0) is 48.3. The number of unbranched alkanes of at least 4 members (excludes halogenated alkanes) is 1. The normalized spacial score (nSPS) is 18.9. The lowest BCUT2D eigenvalue weighted by Gasteiger charge is -2.40. The molecule has 15 heteroatoms. The van der Waals surface area contributed by atoms with Crippen LogP contribution in [0, 0.1) is 17.1 Å². The van der Waals surface area contributed by atoms with Crippen LogP contribution in [0.3, 0.4) is 0 Å². The standard InChI is InChI=1S/C32H51N7O3.C16H13FN2O2.C4H10/c1-25(34-31(41)28-6-3-5-27(21-28)29-7-4-10-33-22-29)32(42)39-19-15-37(16-20-39)23-26-8-11-36(12-9-26)24-30(40)38-17-13-35(2)14-18-38;17-14-6-5-10(7-11(14)9-20)8-15(18)12-3-1-2-4-13(12)16(19)21;1-3-4-2/h3,5-6,21,25-26,29,33H,4,7-20,22-24H2,1-2H3,(H,34,41);1-7,9,18H,8H2,(H2,19,21);3-4H2,1-2H3. The maximum absolute atomic E-state index is 13.3. The first-order valence-electron chi connectivity index (χ1n) is 24.3. The van der Waals surface area contributed by atoms with E-state index in [-0.39, 0.29) is 41.0 Å². The number of carbonyl (C=O) groups excluding carboxylic acids is 5. The predicted octanol–water partition coefficient (Wildman–Crippen LogP) is 5.06. The number of nitrogens with two attached hydrogens (primary N) is 1. The maximum atomic E-state index is 13.3. The number of piperidine rings is 2. The van der Waals surface area contributed by atoms with Crippen molar-refractivity contribution in [2.24, 2.45) is 11.7 Å². The molecule has 2 atom stereocenters. The van der Waals surface area contributed by atoms with Gasteiger partial charge in [-0.3, -0.25) is 33.8 Å². The monoisotopic (exact) mass is 924 g/mol. The van der Waals surface area contributed by atoms with Crippen LogP contribution in [0.2, 0.25) is 0 Å². The van der Waals surface area contributed by atoms with E-state index in [1.54, 1.807) is 31.2 Å². The molecule has 0 aliphatic carbocycles. The molecule has 5 N–H and O–H groups in total. The Morgan fingerprint density at radius 3 is 2.13 bits per heavy atom. The molecule has 2 unspecified atom stereocenters. The molecular formula is C52H74FN9O5. The highest BCUT2D eigenvalue weighted by molar-refractivity contribution is 6.09. The number of hydrogen-bond donors (Lipinski definition) is 4. The van der Waals surface area contributed by atoms with E-state index in [0.29, 0.717) is 54.4 Å². The Balaban J connectivity index is 0.000000280. The van der Waals surface area contributed by atoms with Crippen molar-refractivity contribution < 1.29 is 28.4 Å². The summed E-state index contributed by atoms with van der Waals surface area (Å²) in [5.74, 6) is -0.0452. The Morgan fingerprint density at radius 2 is 1.51 bits per heavy atom. The molecule has 3 aromatic carbocycles. The number of nitrogens with zero attached hydrogens (tertiary/aromatic N) is 5. The van der Waals surface area contributed by atoms with Crippen LogP contribution in [0.4, 0.5) is 4.39 Å². The second-order valence-corrected chi connectivity index (χ2v) is 18.4. The number of piperazine rings is 2. The molecule has 0 aromatic heterocycles. The molecule has 4 heterocycles. The Labute approximate surface area is 397 Å². The molecule has 364 valence electrons. The molecule has 0 radical (unpaired) electrons. The van der Waals surface area contributed by atoms with Gasteiger partial charge >= 0.3 is 0 Å². The number of likely N-dealkylation sites (N-methyl/N-ethyl adjacent to an activating group) is 1. The zero-order valence-electron chi connectivity index (χ0n) is 40.2. The van der Waals surface area contributed by atoms with E-state index in [0.717, 1.165) is 97.7 Å². The molecule has 0 spiro atoms. The van der Waals surface area contributed by atoms with E-state index in [2.05, 4.69) is 52.3 Å². The number of primary amides is 1. The van der Waals surface area contributed by atoms with Crippen molar-refractivity contribution in [1.82, 2.24) is 35.1 Å². The molecule has 14 nitrogen and oxygen atoms in total. The van der Waals surface area contributed by atoms with Crippen molar-refractivity contribution in [3.63, 3.8) is 0 Å². The summed E-state index contributed by atoms with van der Waals surface area (Å²) >= 11 is 0. The highest BCUT2D eigenvalue weighted by Gasteiger charge is 2.30. The third-order valence-corrected chi connectivity index (χ3v) is 13.3. The molecule has 4 fully saturated rings. The maximum Gasteiger partial charge on any atom is 0.251 e. The molecule has 0 saturated carbocycles. The lowest BCUT2D eigenvalue weighted by atomic mass is 9.90. The third-order valence-electron chi connectivity index (χ3n) is 13.3. The van der Waals surface area contributed by atoms with Crippen LogP contribution in [0.15, 0.2) is 66.7 Å². The minimum atomic E-state index is -0.608. The summed E-state index contributed by atoms with van der Waals surface area (Å²) < 4.78 is 13.3. The van der Waals surface area contributed by atoms with E-state index in [1.807, 2.05) is 28.0 Å². The van der Waals surface area contributed by atoms with Gasteiger partial charge in [-0.15, -0.1) is 0 Å². The number of nitrogens with one attached hydrogen (secondary N) is 3. The zero-order valence-corrected chi connectivity index (χ0v) is 40.2. The average molecular weight is 924 g/mol. The summed E-state index contributed by atoms with van der Waals surface area (Å²) in [6, 6.07) is 17.9. The number of hydrogen-bond acceptors (Lipinski definition) is 10. The van der Waals surface area contributed by atoms with Crippen LogP contribution >= 0.6 is 0 Å². The molecule has 4 aliphatic heterocycles. The lowest BCUT2D eigenvalue weighted by molar-refractivity contribution is -0.135. The molecule has 7 rings (SSSR count). The van der Waals surface area contributed by atoms with Gasteiger partial charge in [0, 0.05) is 94.3 Å². The van der Waals surface area contributed by atoms with Crippen molar-refractivity contribution in [2.45, 2.75) is 77.7 Å². The number of rotatable bonds is 14. The summed E-state index contributed by atoms with van der Waals surface area (Å²) in [7, 11) is 2.11. The Morgan fingerprint density at radius 1 is 0.836 bits per heavy atom. The van der Waals surface area contributed by atoms with Gasteiger partial charge in [0.25, 0.3) is 5.91 Å². The second kappa shape index (κ2) is 26.9. The van der Waals surface area contributed by atoms with Gasteiger partial charge in [0.15, 0.2) is 6.29 Å². The average Bonchev–Trinajstić information content (AvgIpc) is 3.35. The Hall–Kier alpha value is -5.35. The molecule has 3 aromatic rings. The van der Waals surface area contributed by atoms with Crippen LogP contribution in [-0.2, 0) is 16.0 Å². The van der Waals surface area contributed by atoms with Gasteiger partial charge in [-0.25, -0.2) is 4.39 Å². The number of carbonyl (C=O) groups is 5. The summed E-state index contributed by atoms with van der Waals surface area (Å²) in [6.07, 6.45) is 7.77. The van der Waals surface area contributed by atoms with Gasteiger partial charge in [-0.1, -0.05) is 63.1 Å². The van der Waals surface area contributed by atoms with Gasteiger partial charge in [-0.05, 0) is 113 Å². The van der Waals surface area contributed by atoms with Gasteiger partial charge in [-0.2, -0.15) is 0 Å². The SMILES string of the molecule is CC(NC(=O)c1cccc(C2CCCNC2)c1)C(=O)N1CCN(CC2CCN(CC(=O)N3CCN(C)CC3)CC2)CC1.CCCC.N=C(Cc1ccc(F)c(C=O)c1)c1ccccc1C(N)=O. The predicted molar refractivity (Wildman–Crippen MR) is 262 cm³/mol. The number of amides is 4. The largest absolute Gasteiger partial charge is 0.366 e. The van der Waals surface area contributed by atoms with Crippen molar-refractivity contribution in [1.29, 1.82) is 5.41 Å². The van der Waals surface area contributed by atoms with Crippen LogP contribution in [0.5, 0.6) is 0 Å². The smallest absolute Gasteiger partial charge is 0.251 e. The van der Waals surface area contributed by atoms with Gasteiger partial charge in [0.05, 0.1) is 12.1 Å². The fourth-order valence-corrected chi connectivity index (χ4v) is 8.93.